The molecule has 0 bridgehead atoms. The third kappa shape index (κ3) is 22.1. The number of aromatic nitrogens is 1. The third-order valence-corrected chi connectivity index (χ3v) is 14.7. The number of hydrogen-bond acceptors (Lipinski definition) is 16. The van der Waals surface area contributed by atoms with Crippen molar-refractivity contribution >= 4 is 82.0 Å². The predicted octanol–water partition coefficient (Wildman–Crippen LogP) is -4.44. The number of H-pyrrole nitrogens is 1. The summed E-state index contributed by atoms with van der Waals surface area (Å²) in [4.78, 5) is 150. The van der Waals surface area contributed by atoms with Crippen LogP contribution in [-0.2, 0) is 67.2 Å². The Bertz CT molecular complexity index is 3170. The molecular weight excluding hydrogens is 1170 g/mol. The number of amides is 9. The number of hydrogen-bond donors (Lipinski definition) is 18. The molecule has 1 fully saturated rings. The van der Waals surface area contributed by atoms with Crippen molar-refractivity contribution in [2.24, 2.45) is 44.6 Å². The number of phenolic OH excluding ortho intramolecular Hbond substituents is 1. The number of guanidine groups is 2. The third-order valence-electron chi connectivity index (χ3n) is 14.7. The number of nitrogens with one attached hydrogen (secondary N) is 9. The molecule has 0 spiro atoms. The minimum atomic E-state index is -1.73. The Morgan fingerprint density at radius 1 is 0.600 bits per heavy atom. The first kappa shape index (κ1) is 70.9. The van der Waals surface area contributed by atoms with E-state index < -0.39 is 133 Å². The molecule has 1 aliphatic rings. The first-order valence-electron chi connectivity index (χ1n) is 29.3. The van der Waals surface area contributed by atoms with Crippen molar-refractivity contribution in [3.8, 4) is 5.75 Å². The van der Waals surface area contributed by atoms with Crippen molar-refractivity contribution in [1.82, 2.24) is 52.4 Å². The molecule has 1 saturated heterocycles. The van der Waals surface area contributed by atoms with Crippen molar-refractivity contribution in [3.63, 3.8) is 0 Å². The van der Waals surface area contributed by atoms with Crippen molar-refractivity contribution in [2.75, 3.05) is 39.4 Å². The molecule has 31 heteroatoms. The van der Waals surface area contributed by atoms with Crippen LogP contribution in [0, 0.1) is 5.92 Å². The SMILES string of the molecule is CC(C)[C@H](N)C(=O)NCC(=O)N[C@H](Cc1c[nH]c2ccccc12)C(=O)N[C@H](Cc1ccc(O)cc1)C(=O)N[C@@H](CCCN=C(N)N)C(=O)N[C@@H](CO)C(=O)N1CCC[C@@H]1C(=O)N[C@@H](Cc1ccccc1)C(=O)N[C@H](CO)C(=O)N[C@@H](CCCN=C(N)N)C(=O)O. The maximum absolute atomic E-state index is 14.7. The molecule has 1 aromatic heterocycles. The van der Waals surface area contributed by atoms with Crippen molar-refractivity contribution in [2.45, 2.75) is 126 Å². The van der Waals surface area contributed by atoms with Crippen molar-refractivity contribution in [3.05, 3.63) is 102 Å². The maximum Gasteiger partial charge on any atom is 0.326 e. The summed E-state index contributed by atoms with van der Waals surface area (Å²) in [5, 5.41) is 61.8. The highest BCUT2D eigenvalue weighted by Crippen LogP contribution is 2.22. The number of carboxylic acid groups (broad SMARTS) is 1. The van der Waals surface area contributed by atoms with Crippen LogP contribution in [0.2, 0.25) is 0 Å². The number of carbonyl (C=O) groups excluding carboxylic acids is 9. The van der Waals surface area contributed by atoms with Gasteiger partial charge in [0.2, 0.25) is 53.2 Å². The number of aliphatic hydroxyl groups excluding tert-OH is 2. The highest BCUT2D eigenvalue weighted by atomic mass is 16.4. The molecule has 31 nitrogen and oxygen atoms in total. The highest BCUT2D eigenvalue weighted by Gasteiger charge is 2.40. The monoisotopic (exact) mass is 1250 g/mol. The fourth-order valence-electron chi connectivity index (χ4n) is 9.74. The van der Waals surface area contributed by atoms with Crippen molar-refractivity contribution in [1.29, 1.82) is 0 Å². The normalized spacial score (nSPS) is 15.4. The number of aliphatic carboxylic acids is 1. The number of likely N-dealkylation sites (tertiary alicyclic amines) is 1. The molecule has 2 heterocycles. The number of nitrogens with zero attached hydrogens (tertiary/aromatic N) is 3. The number of benzene rings is 3. The Kier molecular flexibility index (Phi) is 27.7. The average Bonchev–Trinajstić information content (AvgIpc) is 3.00. The van der Waals surface area contributed by atoms with Gasteiger partial charge in [-0.1, -0.05) is 74.5 Å². The molecule has 0 aliphatic carbocycles. The molecular formula is C59H83N17O14. The summed E-state index contributed by atoms with van der Waals surface area (Å²) in [5.41, 5.74) is 30.1. The van der Waals surface area contributed by atoms with E-state index in [2.05, 4.69) is 57.5 Å². The van der Waals surface area contributed by atoms with Crippen LogP contribution in [0.25, 0.3) is 10.9 Å². The Hall–Kier alpha value is -9.88. The molecule has 23 N–H and O–H groups in total. The van der Waals surface area contributed by atoms with Gasteiger partial charge in [0.25, 0.3) is 0 Å². The zero-order valence-corrected chi connectivity index (χ0v) is 50.1. The van der Waals surface area contributed by atoms with Gasteiger partial charge in [0, 0.05) is 56.0 Å². The first-order chi connectivity index (χ1) is 42.9. The molecule has 4 aromatic rings. The van der Waals surface area contributed by atoms with Crippen LogP contribution in [0.5, 0.6) is 5.75 Å². The summed E-state index contributed by atoms with van der Waals surface area (Å²) < 4.78 is 0. The molecule has 9 atom stereocenters. The number of fused-ring (bicyclic) bond motifs is 1. The van der Waals surface area contributed by atoms with E-state index >= 15 is 0 Å². The lowest BCUT2D eigenvalue weighted by Gasteiger charge is -2.30. The fourth-order valence-corrected chi connectivity index (χ4v) is 9.74. The maximum atomic E-state index is 14.7. The summed E-state index contributed by atoms with van der Waals surface area (Å²) in [5.74, 6) is -10.2. The second-order valence-corrected chi connectivity index (χ2v) is 21.9. The van der Waals surface area contributed by atoms with Gasteiger partial charge in [-0.05, 0) is 79.3 Å². The standard InChI is InChI=1S/C59H83N17O14/c1-32(2)48(60)55(87)68-29-47(80)69-43(27-35-28-67-38-14-7-6-13-37(35)38)52(84)72-41(26-34-18-20-36(79)21-19-34)50(82)70-39(15-8-22-65-58(61)62)49(81)75-45(31-78)56(88)76-24-10-17-46(76)54(86)73-42(25-33-11-4-3-5-12-33)51(83)74-44(30-77)53(85)71-40(57(89)90)16-9-23-66-59(63)64/h3-7,11-14,18-21,28,32,39-46,48,67,77-79H,8-10,15-17,22-27,29-31,60H2,1-2H3,(H,68,87)(H,69,80)(H,70,82)(H,71,85)(H,72,84)(H,73,86)(H,74,83)(H,75,81)(H,89,90)(H4,61,62,65)(H4,63,64,66)/t39-,40-,41+,42-,43+,44+,45-,46+,48-/m0/s1. The molecule has 0 radical (unpaired) electrons. The van der Waals surface area contributed by atoms with E-state index in [1.165, 1.54) is 24.3 Å². The van der Waals surface area contributed by atoms with Crippen molar-refractivity contribution < 1.29 is 68.4 Å². The van der Waals surface area contributed by atoms with Gasteiger partial charge in [-0.2, -0.15) is 0 Å². The smallest absolute Gasteiger partial charge is 0.326 e. The number of carbonyl (C=O) groups is 10. The summed E-state index contributed by atoms with van der Waals surface area (Å²) in [6, 6.07) is 8.33. The largest absolute Gasteiger partial charge is 0.508 e. The number of phenols is 1. The van der Waals surface area contributed by atoms with Gasteiger partial charge in [0.05, 0.1) is 25.8 Å². The molecule has 5 rings (SSSR count). The van der Waals surface area contributed by atoms with Crippen LogP contribution in [0.3, 0.4) is 0 Å². The molecule has 90 heavy (non-hydrogen) atoms. The molecule has 0 unspecified atom stereocenters. The van der Waals surface area contributed by atoms with Gasteiger partial charge in [-0.25, -0.2) is 4.79 Å². The summed E-state index contributed by atoms with van der Waals surface area (Å²) in [6.45, 7) is 0.893. The first-order valence-corrected chi connectivity index (χ1v) is 29.3. The highest BCUT2D eigenvalue weighted by molar-refractivity contribution is 5.99. The molecule has 9 amide bonds. The Balaban J connectivity index is 1.36. The number of aliphatic imine (C=N–C) groups is 2. The quantitative estimate of drug-likeness (QED) is 0.0117. The summed E-state index contributed by atoms with van der Waals surface area (Å²) in [7, 11) is 0. The Morgan fingerprint density at radius 2 is 1.10 bits per heavy atom. The Labute approximate surface area is 518 Å². The fraction of sp³-hybridized carbons (Fsp3) is 0.458. The molecule has 0 saturated carbocycles. The zero-order chi connectivity index (χ0) is 66.0. The van der Waals surface area contributed by atoms with Crippen LogP contribution in [0.1, 0.15) is 69.1 Å². The molecule has 3 aromatic carbocycles. The van der Waals surface area contributed by atoms with Gasteiger partial charge in [-0.15, -0.1) is 0 Å². The number of aromatic hydroxyl groups is 1. The minimum absolute atomic E-state index is 0.0349. The van der Waals surface area contributed by atoms with Crippen LogP contribution in [0.4, 0.5) is 0 Å². The van der Waals surface area contributed by atoms with E-state index in [0.717, 1.165) is 15.8 Å². The zero-order valence-electron chi connectivity index (χ0n) is 50.1. The van der Waals surface area contributed by atoms with E-state index in [-0.39, 0.29) is 101 Å². The van der Waals surface area contributed by atoms with Gasteiger partial charge >= 0.3 is 5.97 Å². The van der Waals surface area contributed by atoms with Gasteiger partial charge in [0.15, 0.2) is 11.9 Å². The van der Waals surface area contributed by atoms with Gasteiger partial charge < -0.3 is 102 Å². The topological polar surface area (TPSA) is 522 Å². The molecule has 488 valence electrons. The number of rotatable bonds is 35. The number of aliphatic hydroxyl groups is 2. The number of carboxylic acids is 1. The van der Waals surface area contributed by atoms with Crippen LogP contribution in [-0.4, -0.2) is 195 Å². The minimum Gasteiger partial charge on any atom is -0.508 e. The summed E-state index contributed by atoms with van der Waals surface area (Å²) >= 11 is 0. The van der Waals surface area contributed by atoms with Gasteiger partial charge in [0.1, 0.15) is 54.1 Å². The van der Waals surface area contributed by atoms with Crippen LogP contribution in [0.15, 0.2) is 95.0 Å². The lowest BCUT2D eigenvalue weighted by Crippen LogP contribution is -2.61. The summed E-state index contributed by atoms with van der Waals surface area (Å²) in [6.07, 6.45) is 1.35. The van der Waals surface area contributed by atoms with E-state index in [4.69, 9.17) is 28.7 Å². The second kappa shape index (κ2) is 35.2. The predicted molar refractivity (Wildman–Crippen MR) is 330 cm³/mol. The van der Waals surface area contributed by atoms with E-state index in [1.807, 2.05) is 6.07 Å². The van der Waals surface area contributed by atoms with E-state index in [1.54, 1.807) is 68.6 Å². The van der Waals surface area contributed by atoms with E-state index in [9.17, 15) is 68.4 Å². The van der Waals surface area contributed by atoms with Gasteiger partial charge in [-0.3, -0.25) is 53.1 Å². The lowest BCUT2D eigenvalue weighted by atomic mass is 10.0. The Morgan fingerprint density at radius 3 is 1.69 bits per heavy atom. The van der Waals surface area contributed by atoms with Crippen LogP contribution < -0.4 is 71.2 Å². The number of nitrogens with two attached hydrogens (primary N) is 5. The second-order valence-electron chi connectivity index (χ2n) is 21.9. The average molecular weight is 1250 g/mol. The number of aromatic amines is 1. The van der Waals surface area contributed by atoms with E-state index in [0.29, 0.717) is 16.7 Å². The molecule has 1 aliphatic heterocycles. The van der Waals surface area contributed by atoms with Crippen LogP contribution >= 0.6 is 0 Å². The lowest BCUT2D eigenvalue weighted by molar-refractivity contribution is -0.143. The number of para-hydroxylation sites is 1.